The number of nitrogens with one attached hydrogen (secondary N) is 1. The van der Waals surface area contributed by atoms with E-state index in [-0.39, 0.29) is 0 Å². The first kappa shape index (κ1) is 15.0. The molecule has 0 aliphatic rings. The van der Waals surface area contributed by atoms with Crippen LogP contribution in [0, 0.1) is 0 Å². The SMILES string of the molecule is CC(C)(C)OC(=O)N[C@H](/C=N/O)Cc1ccccc1. The van der Waals surface area contributed by atoms with Crippen LogP contribution in [0.2, 0.25) is 0 Å². The highest BCUT2D eigenvalue weighted by molar-refractivity contribution is 5.75. The van der Waals surface area contributed by atoms with E-state index < -0.39 is 17.7 Å². The average molecular weight is 264 g/mol. The summed E-state index contributed by atoms with van der Waals surface area (Å²) in [7, 11) is 0. The summed E-state index contributed by atoms with van der Waals surface area (Å²) >= 11 is 0. The van der Waals surface area contributed by atoms with Crippen molar-refractivity contribution in [1.82, 2.24) is 5.32 Å². The Bertz CT molecular complexity index is 424. The molecule has 0 saturated carbocycles. The first-order valence-corrected chi connectivity index (χ1v) is 6.12. The Labute approximate surface area is 113 Å². The molecule has 0 spiro atoms. The monoisotopic (exact) mass is 264 g/mol. The van der Waals surface area contributed by atoms with Crippen LogP contribution in [0.5, 0.6) is 0 Å². The molecule has 0 unspecified atom stereocenters. The fourth-order valence-electron chi connectivity index (χ4n) is 1.55. The molecular formula is C14H20N2O3. The van der Waals surface area contributed by atoms with Gasteiger partial charge in [-0.25, -0.2) is 4.79 Å². The molecule has 0 radical (unpaired) electrons. The molecule has 1 aromatic rings. The standard InChI is InChI=1S/C14H20N2O3/c1-14(2,3)19-13(17)16-12(10-15-18)9-11-7-5-4-6-8-11/h4-8,10,12,18H,9H2,1-3H3,(H,16,17)/b15-10+/t12-/m0/s1. The molecule has 0 aliphatic heterocycles. The third-order valence-electron chi connectivity index (χ3n) is 2.25. The summed E-state index contributed by atoms with van der Waals surface area (Å²) in [6.07, 6.45) is 1.27. The Kier molecular flexibility index (Phi) is 5.36. The van der Waals surface area contributed by atoms with Crippen molar-refractivity contribution in [3.8, 4) is 0 Å². The van der Waals surface area contributed by atoms with E-state index in [1.54, 1.807) is 20.8 Å². The second kappa shape index (κ2) is 6.78. The number of benzene rings is 1. The van der Waals surface area contributed by atoms with Gasteiger partial charge in [-0.3, -0.25) is 0 Å². The molecular weight excluding hydrogens is 244 g/mol. The number of ether oxygens (including phenoxy) is 1. The minimum atomic E-state index is -0.558. The predicted octanol–water partition coefficient (Wildman–Crippen LogP) is 2.58. The van der Waals surface area contributed by atoms with E-state index in [1.807, 2.05) is 30.3 Å². The van der Waals surface area contributed by atoms with Gasteiger partial charge < -0.3 is 15.3 Å². The second-order valence-electron chi connectivity index (χ2n) is 5.21. The van der Waals surface area contributed by atoms with E-state index >= 15 is 0 Å². The second-order valence-corrected chi connectivity index (χ2v) is 5.21. The summed E-state index contributed by atoms with van der Waals surface area (Å²) in [5.41, 5.74) is 0.473. The lowest BCUT2D eigenvalue weighted by Gasteiger charge is -2.22. The number of hydrogen-bond acceptors (Lipinski definition) is 4. The number of alkyl carbamates (subject to hydrolysis) is 1. The highest BCUT2D eigenvalue weighted by atomic mass is 16.6. The van der Waals surface area contributed by atoms with Crippen molar-refractivity contribution in [3.63, 3.8) is 0 Å². The number of amides is 1. The van der Waals surface area contributed by atoms with Crippen LogP contribution in [-0.4, -0.2) is 29.2 Å². The highest BCUT2D eigenvalue weighted by Crippen LogP contribution is 2.08. The lowest BCUT2D eigenvalue weighted by Crippen LogP contribution is -2.41. The lowest BCUT2D eigenvalue weighted by atomic mass is 10.1. The summed E-state index contributed by atoms with van der Waals surface area (Å²) in [6, 6.07) is 9.21. The van der Waals surface area contributed by atoms with Gasteiger partial charge in [0.15, 0.2) is 0 Å². The largest absolute Gasteiger partial charge is 0.444 e. The lowest BCUT2D eigenvalue weighted by molar-refractivity contribution is 0.0518. The molecule has 1 rings (SSSR count). The van der Waals surface area contributed by atoms with E-state index in [0.717, 1.165) is 5.56 Å². The smallest absolute Gasteiger partial charge is 0.408 e. The number of carbonyl (C=O) groups excluding carboxylic acids is 1. The minimum Gasteiger partial charge on any atom is -0.444 e. The maximum Gasteiger partial charge on any atom is 0.408 e. The Morgan fingerprint density at radius 1 is 1.42 bits per heavy atom. The number of rotatable bonds is 4. The summed E-state index contributed by atoms with van der Waals surface area (Å²) in [5, 5.41) is 14.3. The minimum absolute atomic E-state index is 0.415. The van der Waals surface area contributed by atoms with Gasteiger partial charge in [-0.15, -0.1) is 0 Å². The molecule has 0 aliphatic carbocycles. The molecule has 1 atom stereocenters. The highest BCUT2D eigenvalue weighted by Gasteiger charge is 2.18. The first-order chi connectivity index (χ1) is 8.90. The summed E-state index contributed by atoms with van der Waals surface area (Å²) in [6.45, 7) is 5.37. The molecule has 0 heterocycles. The molecule has 19 heavy (non-hydrogen) atoms. The zero-order valence-electron chi connectivity index (χ0n) is 11.5. The molecule has 5 nitrogen and oxygen atoms in total. The quantitative estimate of drug-likeness (QED) is 0.499. The van der Waals surface area contributed by atoms with Gasteiger partial charge in [0.25, 0.3) is 0 Å². The molecule has 1 aromatic carbocycles. The van der Waals surface area contributed by atoms with Crippen molar-refractivity contribution in [2.24, 2.45) is 5.16 Å². The zero-order chi connectivity index (χ0) is 14.3. The van der Waals surface area contributed by atoms with Crippen LogP contribution >= 0.6 is 0 Å². The maximum absolute atomic E-state index is 11.7. The van der Waals surface area contributed by atoms with E-state index in [9.17, 15) is 4.79 Å². The van der Waals surface area contributed by atoms with Crippen LogP contribution < -0.4 is 5.32 Å². The van der Waals surface area contributed by atoms with Crippen molar-refractivity contribution in [2.75, 3.05) is 0 Å². The van der Waals surface area contributed by atoms with Crippen molar-refractivity contribution in [2.45, 2.75) is 38.8 Å². The molecule has 104 valence electrons. The predicted molar refractivity (Wildman–Crippen MR) is 73.6 cm³/mol. The number of hydrogen-bond donors (Lipinski definition) is 2. The molecule has 0 aromatic heterocycles. The third kappa shape index (κ3) is 6.45. The van der Waals surface area contributed by atoms with E-state index in [4.69, 9.17) is 9.94 Å². The number of nitrogens with zero attached hydrogens (tertiary/aromatic N) is 1. The van der Waals surface area contributed by atoms with Gasteiger partial charge in [0, 0.05) is 0 Å². The zero-order valence-corrected chi connectivity index (χ0v) is 11.5. The number of carbonyl (C=O) groups is 1. The molecule has 5 heteroatoms. The van der Waals surface area contributed by atoms with E-state index in [1.165, 1.54) is 6.21 Å². The fraction of sp³-hybridized carbons (Fsp3) is 0.429. The van der Waals surface area contributed by atoms with Gasteiger partial charge in [-0.05, 0) is 32.8 Å². The van der Waals surface area contributed by atoms with Crippen LogP contribution in [0.3, 0.4) is 0 Å². The van der Waals surface area contributed by atoms with E-state index in [0.29, 0.717) is 6.42 Å². The Morgan fingerprint density at radius 3 is 2.58 bits per heavy atom. The van der Waals surface area contributed by atoms with Crippen molar-refractivity contribution in [1.29, 1.82) is 0 Å². The van der Waals surface area contributed by atoms with Gasteiger partial charge in [-0.1, -0.05) is 35.5 Å². The molecule has 2 N–H and O–H groups in total. The first-order valence-electron chi connectivity index (χ1n) is 6.12. The molecule has 0 bridgehead atoms. The van der Waals surface area contributed by atoms with Gasteiger partial charge >= 0.3 is 6.09 Å². The number of oxime groups is 1. The third-order valence-corrected chi connectivity index (χ3v) is 2.25. The summed E-state index contributed by atoms with van der Waals surface area (Å²) in [5.74, 6) is 0. The van der Waals surface area contributed by atoms with Crippen LogP contribution in [0.4, 0.5) is 4.79 Å². The van der Waals surface area contributed by atoms with Crippen molar-refractivity contribution >= 4 is 12.3 Å². The fourth-order valence-corrected chi connectivity index (χ4v) is 1.55. The molecule has 0 fully saturated rings. The molecule has 0 saturated heterocycles. The topological polar surface area (TPSA) is 70.9 Å². The van der Waals surface area contributed by atoms with E-state index in [2.05, 4.69) is 10.5 Å². The Morgan fingerprint density at radius 2 is 2.05 bits per heavy atom. The normalized spacial score (nSPS) is 13.2. The Hall–Kier alpha value is -2.04. The summed E-state index contributed by atoms with van der Waals surface area (Å²) in [4.78, 5) is 11.7. The summed E-state index contributed by atoms with van der Waals surface area (Å²) < 4.78 is 5.16. The van der Waals surface area contributed by atoms with Crippen molar-refractivity contribution in [3.05, 3.63) is 35.9 Å². The van der Waals surface area contributed by atoms with Gasteiger partial charge in [0.05, 0.1) is 12.3 Å². The Balaban J connectivity index is 2.61. The maximum atomic E-state index is 11.7. The van der Waals surface area contributed by atoms with Crippen LogP contribution in [0.15, 0.2) is 35.5 Å². The van der Waals surface area contributed by atoms with Gasteiger partial charge in [0.2, 0.25) is 0 Å². The molecule has 1 amide bonds. The van der Waals surface area contributed by atoms with Gasteiger partial charge in [-0.2, -0.15) is 0 Å². The van der Waals surface area contributed by atoms with Crippen LogP contribution in [0.25, 0.3) is 0 Å². The average Bonchev–Trinajstić information content (AvgIpc) is 2.27. The van der Waals surface area contributed by atoms with Gasteiger partial charge in [0.1, 0.15) is 5.60 Å². The van der Waals surface area contributed by atoms with Crippen LogP contribution in [-0.2, 0) is 11.2 Å². The van der Waals surface area contributed by atoms with Crippen LogP contribution in [0.1, 0.15) is 26.3 Å². The van der Waals surface area contributed by atoms with Crippen molar-refractivity contribution < 1.29 is 14.7 Å².